The molecule has 0 saturated carbocycles. The second-order valence-electron chi connectivity index (χ2n) is 6.31. The lowest BCUT2D eigenvalue weighted by Crippen LogP contribution is -2.46. The number of halogens is 3. The molecule has 8 heteroatoms. The van der Waals surface area contributed by atoms with Gasteiger partial charge in [0, 0.05) is 16.8 Å². The first-order valence-corrected chi connectivity index (χ1v) is 9.27. The highest BCUT2D eigenvalue weighted by atomic mass is 35.5. The predicted molar refractivity (Wildman–Crippen MR) is 105 cm³/mol. The highest BCUT2D eigenvalue weighted by Gasteiger charge is 2.45. The Balaban J connectivity index is 0.00000136. The maximum atomic E-state index is 14.6. The zero-order valence-corrected chi connectivity index (χ0v) is 17.2. The normalized spacial score (nSPS) is 14.9. The van der Waals surface area contributed by atoms with Crippen LogP contribution in [0.1, 0.15) is 46.6 Å². The van der Waals surface area contributed by atoms with E-state index in [2.05, 4.69) is 4.98 Å². The second-order valence-corrected chi connectivity index (χ2v) is 6.69. The van der Waals surface area contributed by atoms with Crippen LogP contribution in [0.5, 0.6) is 5.75 Å². The molecule has 2 heterocycles. The minimum Gasteiger partial charge on any atom is -0.495 e. The summed E-state index contributed by atoms with van der Waals surface area (Å²) in [6.45, 7) is 6.37. The summed E-state index contributed by atoms with van der Waals surface area (Å²) in [5, 5.41) is -0.158. The average Bonchev–Trinajstić information content (AvgIpc) is 2.63. The van der Waals surface area contributed by atoms with Crippen LogP contribution in [0.2, 0.25) is 5.02 Å². The Morgan fingerprint density at radius 3 is 2.46 bits per heavy atom. The number of aromatic nitrogens is 1. The number of hydrogen-bond acceptors (Lipinski definition) is 3. The van der Waals surface area contributed by atoms with E-state index in [-0.39, 0.29) is 28.4 Å². The van der Waals surface area contributed by atoms with Crippen molar-refractivity contribution in [1.82, 2.24) is 9.88 Å². The Morgan fingerprint density at radius 1 is 1.25 bits per heavy atom. The molecule has 0 spiro atoms. The largest absolute Gasteiger partial charge is 0.495 e. The molecule has 1 aromatic carbocycles. The molecule has 5 nitrogen and oxygen atoms in total. The highest BCUT2D eigenvalue weighted by Crippen LogP contribution is 2.42. The van der Waals surface area contributed by atoms with Crippen molar-refractivity contribution in [2.24, 2.45) is 0 Å². The summed E-state index contributed by atoms with van der Waals surface area (Å²) >= 11 is 6.13. The van der Waals surface area contributed by atoms with Gasteiger partial charge in [-0.2, -0.15) is 8.78 Å². The number of benzene rings is 1. The Bertz CT molecular complexity index is 957. The Hall–Kier alpha value is -2.41. The molecule has 0 atom stereocenters. The lowest BCUT2D eigenvalue weighted by Gasteiger charge is -2.34. The number of amides is 1. The van der Waals surface area contributed by atoms with Crippen molar-refractivity contribution in [3.63, 3.8) is 0 Å². The van der Waals surface area contributed by atoms with Crippen LogP contribution < -0.4 is 10.3 Å². The summed E-state index contributed by atoms with van der Waals surface area (Å²) in [6.07, 6.45) is 0. The number of carbonyl (C=O) groups excluding carboxylic acids is 1. The van der Waals surface area contributed by atoms with Gasteiger partial charge in [-0.1, -0.05) is 25.4 Å². The fourth-order valence-electron chi connectivity index (χ4n) is 3.18. The van der Waals surface area contributed by atoms with Gasteiger partial charge in [0.05, 0.1) is 30.8 Å². The second kappa shape index (κ2) is 8.31. The van der Waals surface area contributed by atoms with E-state index in [9.17, 15) is 18.4 Å². The molecule has 1 aliphatic heterocycles. The van der Waals surface area contributed by atoms with E-state index in [4.69, 9.17) is 16.3 Å². The van der Waals surface area contributed by atoms with E-state index in [1.807, 2.05) is 13.8 Å². The number of H-pyrrole nitrogens is 1. The summed E-state index contributed by atoms with van der Waals surface area (Å²) in [4.78, 5) is 28.6. The molecule has 0 radical (unpaired) electrons. The van der Waals surface area contributed by atoms with Crippen molar-refractivity contribution in [3.05, 3.63) is 61.5 Å². The van der Waals surface area contributed by atoms with Gasteiger partial charge in [-0.3, -0.25) is 9.59 Å². The van der Waals surface area contributed by atoms with Gasteiger partial charge < -0.3 is 14.6 Å². The van der Waals surface area contributed by atoms with Gasteiger partial charge in [0.15, 0.2) is 0 Å². The molecule has 1 amide bonds. The van der Waals surface area contributed by atoms with Gasteiger partial charge in [-0.25, -0.2) is 0 Å². The molecule has 3 rings (SSSR count). The maximum Gasteiger partial charge on any atom is 0.291 e. The summed E-state index contributed by atoms with van der Waals surface area (Å²) in [5.41, 5.74) is 0.431. The van der Waals surface area contributed by atoms with Gasteiger partial charge in [0.2, 0.25) is 0 Å². The van der Waals surface area contributed by atoms with Crippen molar-refractivity contribution in [2.45, 2.75) is 40.2 Å². The van der Waals surface area contributed by atoms with E-state index in [0.717, 1.165) is 11.0 Å². The maximum absolute atomic E-state index is 14.6. The predicted octanol–water partition coefficient (Wildman–Crippen LogP) is 4.43. The van der Waals surface area contributed by atoms with E-state index in [1.165, 1.54) is 13.2 Å². The van der Waals surface area contributed by atoms with Crippen LogP contribution in [0.4, 0.5) is 8.78 Å². The SMILES string of the molecule is CC.COc1ccc2c(c1Cl)C(=O)N(Cc1c(C)cc(C)[nH]c1=O)CC2(F)F. The number of alkyl halides is 2. The van der Waals surface area contributed by atoms with Crippen LogP contribution in [-0.4, -0.2) is 29.4 Å². The molecular weight excluding hydrogens is 390 g/mol. The Morgan fingerprint density at radius 2 is 1.89 bits per heavy atom. The molecule has 152 valence electrons. The minimum atomic E-state index is -3.29. The third kappa shape index (κ3) is 3.90. The third-order valence-electron chi connectivity index (χ3n) is 4.45. The number of aromatic amines is 1. The molecule has 1 N–H and O–H groups in total. The molecule has 0 saturated heterocycles. The topological polar surface area (TPSA) is 62.4 Å². The Kier molecular flexibility index (Phi) is 6.49. The number of pyridine rings is 1. The monoisotopic (exact) mass is 412 g/mol. The fourth-order valence-corrected chi connectivity index (χ4v) is 3.50. The first-order valence-electron chi connectivity index (χ1n) is 8.89. The van der Waals surface area contributed by atoms with Crippen LogP contribution in [0, 0.1) is 13.8 Å². The number of nitrogens with zero attached hydrogens (tertiary/aromatic N) is 1. The summed E-state index contributed by atoms with van der Waals surface area (Å²) in [7, 11) is 1.34. The van der Waals surface area contributed by atoms with Gasteiger partial charge in [0.25, 0.3) is 17.4 Å². The molecule has 0 unspecified atom stereocenters. The third-order valence-corrected chi connectivity index (χ3v) is 4.83. The van der Waals surface area contributed by atoms with Gasteiger partial charge in [0.1, 0.15) is 5.75 Å². The van der Waals surface area contributed by atoms with Crippen molar-refractivity contribution < 1.29 is 18.3 Å². The standard InChI is InChI=1S/C18H17ClF2N2O3.C2H6/c1-9-6-10(2)22-16(24)11(9)7-23-8-18(20,21)12-4-5-13(26-3)15(19)14(12)17(23)25;1-2/h4-6H,7-8H2,1-3H3,(H,22,24);1-2H3. The fraction of sp³-hybridized carbons (Fsp3) is 0.400. The lowest BCUT2D eigenvalue weighted by molar-refractivity contribution is -0.0429. The first kappa shape index (κ1) is 21.9. The molecule has 1 aromatic heterocycles. The molecular formula is C20H23ClF2N2O3. The molecule has 0 bridgehead atoms. The zero-order chi connectivity index (χ0) is 21.2. The number of fused-ring (bicyclic) bond motifs is 1. The number of hydrogen-bond donors (Lipinski definition) is 1. The number of aryl methyl sites for hydroxylation is 2. The lowest BCUT2D eigenvalue weighted by atomic mass is 9.94. The van der Waals surface area contributed by atoms with E-state index in [0.29, 0.717) is 11.3 Å². The van der Waals surface area contributed by atoms with Crippen molar-refractivity contribution in [2.75, 3.05) is 13.7 Å². The van der Waals surface area contributed by atoms with Gasteiger partial charge >= 0.3 is 0 Å². The minimum absolute atomic E-state index is 0.140. The molecule has 0 fully saturated rings. The van der Waals surface area contributed by atoms with Gasteiger partial charge in [-0.05, 0) is 37.6 Å². The summed E-state index contributed by atoms with van der Waals surface area (Å²) < 4.78 is 34.3. The van der Waals surface area contributed by atoms with Crippen molar-refractivity contribution in [1.29, 1.82) is 0 Å². The average molecular weight is 413 g/mol. The molecule has 28 heavy (non-hydrogen) atoms. The van der Waals surface area contributed by atoms with Crippen molar-refractivity contribution >= 4 is 17.5 Å². The molecule has 1 aliphatic rings. The van der Waals surface area contributed by atoms with Crippen LogP contribution in [0.25, 0.3) is 0 Å². The van der Waals surface area contributed by atoms with Crippen LogP contribution in [-0.2, 0) is 12.5 Å². The number of nitrogens with one attached hydrogen (secondary N) is 1. The van der Waals surface area contributed by atoms with Crippen LogP contribution >= 0.6 is 11.6 Å². The van der Waals surface area contributed by atoms with E-state index < -0.39 is 29.5 Å². The summed E-state index contributed by atoms with van der Waals surface area (Å²) in [5.74, 6) is -3.81. The molecule has 0 aliphatic carbocycles. The Labute approximate surface area is 167 Å². The van der Waals surface area contributed by atoms with Gasteiger partial charge in [-0.15, -0.1) is 0 Å². The van der Waals surface area contributed by atoms with E-state index >= 15 is 0 Å². The smallest absolute Gasteiger partial charge is 0.291 e. The number of carbonyl (C=O) groups is 1. The van der Waals surface area contributed by atoms with Crippen LogP contribution in [0.3, 0.4) is 0 Å². The van der Waals surface area contributed by atoms with Crippen molar-refractivity contribution in [3.8, 4) is 5.75 Å². The quantitative estimate of drug-likeness (QED) is 0.811. The highest BCUT2D eigenvalue weighted by molar-refractivity contribution is 6.35. The zero-order valence-electron chi connectivity index (χ0n) is 16.5. The summed E-state index contributed by atoms with van der Waals surface area (Å²) in [6, 6.07) is 4.19. The van der Waals surface area contributed by atoms with Crippen LogP contribution in [0.15, 0.2) is 23.0 Å². The first-order chi connectivity index (χ1) is 13.2. The molecule has 2 aromatic rings. The number of rotatable bonds is 3. The number of methoxy groups -OCH3 is 1. The van der Waals surface area contributed by atoms with E-state index in [1.54, 1.807) is 19.9 Å². The number of ether oxygens (including phenoxy) is 1.